The van der Waals surface area contributed by atoms with E-state index in [2.05, 4.69) is 22.5 Å². The Morgan fingerprint density at radius 2 is 1.50 bits per heavy atom. The van der Waals surface area contributed by atoms with Gasteiger partial charge in [-0.3, -0.25) is 24.0 Å². The van der Waals surface area contributed by atoms with E-state index in [0.29, 0.717) is 68.1 Å². The van der Waals surface area contributed by atoms with E-state index in [9.17, 15) is 24.0 Å². The van der Waals surface area contributed by atoms with Gasteiger partial charge in [0.15, 0.2) is 0 Å². The second-order valence-electron chi connectivity index (χ2n) is 11.3. The molecule has 1 saturated heterocycles. The van der Waals surface area contributed by atoms with E-state index in [-0.39, 0.29) is 36.0 Å². The fourth-order valence-corrected chi connectivity index (χ4v) is 5.68. The Hall–Kier alpha value is -4.70. The summed E-state index contributed by atoms with van der Waals surface area (Å²) in [5, 5.41) is 10.6. The number of carbonyl (C=O) groups is 5. The molecule has 10 nitrogen and oxygen atoms in total. The van der Waals surface area contributed by atoms with Crippen LogP contribution in [0.4, 0.5) is 0 Å². The van der Waals surface area contributed by atoms with Gasteiger partial charge in [0.25, 0.3) is 5.91 Å². The van der Waals surface area contributed by atoms with Crippen LogP contribution in [0.3, 0.4) is 0 Å². The van der Waals surface area contributed by atoms with Crippen LogP contribution in [0.2, 0.25) is 5.02 Å². The molecule has 0 bridgehead atoms. The zero-order valence-electron chi connectivity index (χ0n) is 26.0. The summed E-state index contributed by atoms with van der Waals surface area (Å²) in [4.78, 5) is 67.7. The Morgan fingerprint density at radius 1 is 0.848 bits per heavy atom. The zero-order valence-corrected chi connectivity index (χ0v) is 26.7. The van der Waals surface area contributed by atoms with Crippen molar-refractivity contribution in [1.29, 1.82) is 0 Å². The van der Waals surface area contributed by atoms with Crippen LogP contribution < -0.4 is 16.0 Å². The van der Waals surface area contributed by atoms with Crippen molar-refractivity contribution in [3.63, 3.8) is 0 Å². The normalized spacial score (nSPS) is 14.2. The van der Waals surface area contributed by atoms with E-state index in [4.69, 9.17) is 11.6 Å². The number of piperazine rings is 1. The summed E-state index contributed by atoms with van der Waals surface area (Å²) in [6.07, 6.45) is 2.82. The summed E-state index contributed by atoms with van der Waals surface area (Å²) in [7, 11) is 0. The lowest BCUT2D eigenvalue weighted by Crippen LogP contribution is -2.58. The van der Waals surface area contributed by atoms with E-state index < -0.39 is 12.1 Å². The number of nitrogens with one attached hydrogen (secondary N) is 3. The Balaban J connectivity index is 1.33. The highest BCUT2D eigenvalue weighted by molar-refractivity contribution is 6.31. The number of halogens is 1. The molecule has 3 aromatic rings. The highest BCUT2D eigenvalue weighted by Crippen LogP contribution is 2.19. The zero-order chi connectivity index (χ0) is 33.1. The van der Waals surface area contributed by atoms with Crippen molar-refractivity contribution in [3.05, 3.63) is 95.5 Å². The molecule has 0 aliphatic carbocycles. The van der Waals surface area contributed by atoms with Gasteiger partial charge in [-0.25, -0.2) is 0 Å². The molecule has 1 aliphatic heterocycles. The van der Waals surface area contributed by atoms with Crippen LogP contribution >= 0.6 is 11.6 Å². The van der Waals surface area contributed by atoms with E-state index >= 15 is 0 Å². The number of fused-ring (bicyclic) bond motifs is 1. The molecule has 46 heavy (non-hydrogen) atoms. The van der Waals surface area contributed by atoms with Gasteiger partial charge in [0.2, 0.25) is 23.6 Å². The predicted octanol–water partition coefficient (Wildman–Crippen LogP) is 3.48. The smallest absolute Gasteiger partial charge is 0.252 e. The number of hydrogen-bond acceptors (Lipinski definition) is 5. The lowest BCUT2D eigenvalue weighted by molar-refractivity contribution is -0.142. The molecular weight excluding hydrogens is 606 g/mol. The SMILES string of the molecule is C=CC(=O)NCCCC[C@H](NC(=O)Cc1ccccc1Cl)C(=O)N1CCN(C(=O)[C@@H](C)NC(=O)c2cccc3ccccc23)CC1. The average molecular weight is 646 g/mol. The number of rotatable bonds is 13. The van der Waals surface area contributed by atoms with Crippen LogP contribution in [0.1, 0.15) is 42.1 Å². The van der Waals surface area contributed by atoms with Crippen LogP contribution in [0.5, 0.6) is 0 Å². The summed E-state index contributed by atoms with van der Waals surface area (Å²) in [6.45, 7) is 6.70. The average Bonchev–Trinajstić information content (AvgIpc) is 3.07. The largest absolute Gasteiger partial charge is 0.353 e. The van der Waals surface area contributed by atoms with Gasteiger partial charge in [0.05, 0.1) is 6.42 Å². The molecule has 242 valence electrons. The highest BCUT2D eigenvalue weighted by Gasteiger charge is 2.31. The van der Waals surface area contributed by atoms with Crippen LogP contribution in [-0.4, -0.2) is 84.1 Å². The lowest BCUT2D eigenvalue weighted by Gasteiger charge is -2.37. The maximum Gasteiger partial charge on any atom is 0.252 e. The van der Waals surface area contributed by atoms with Crippen molar-refractivity contribution in [3.8, 4) is 0 Å². The monoisotopic (exact) mass is 645 g/mol. The number of hydrogen-bond donors (Lipinski definition) is 3. The van der Waals surface area contributed by atoms with Gasteiger partial charge >= 0.3 is 0 Å². The molecule has 0 spiro atoms. The van der Waals surface area contributed by atoms with Crippen LogP contribution in [0.15, 0.2) is 79.4 Å². The summed E-state index contributed by atoms with van der Waals surface area (Å²) < 4.78 is 0. The summed E-state index contributed by atoms with van der Waals surface area (Å²) in [5.74, 6) is -1.38. The van der Waals surface area contributed by atoms with E-state index in [1.54, 1.807) is 47.1 Å². The molecule has 4 rings (SSSR count). The van der Waals surface area contributed by atoms with Gasteiger partial charge in [-0.05, 0) is 60.7 Å². The minimum atomic E-state index is -0.772. The molecule has 1 fully saturated rings. The minimum Gasteiger partial charge on any atom is -0.353 e. The van der Waals surface area contributed by atoms with Crippen LogP contribution in [-0.2, 0) is 25.6 Å². The molecule has 0 aromatic heterocycles. The molecule has 1 heterocycles. The van der Waals surface area contributed by atoms with Gasteiger partial charge in [-0.15, -0.1) is 0 Å². The van der Waals surface area contributed by atoms with Crippen LogP contribution in [0, 0.1) is 0 Å². The standard InChI is InChI=1S/C35H40ClN5O5/c1-3-31(42)37-18-9-8-17-30(39-32(43)23-26-12-5-7-16-29(26)36)35(46)41-21-19-40(20-22-41)34(45)24(2)38-33(44)28-15-10-13-25-11-4-6-14-27(25)28/h3-7,10-16,24,30H,1,8-9,17-23H2,2H3,(H,37,42)(H,38,44)(H,39,43)/t24-,30+/m1/s1. The molecule has 0 unspecified atom stereocenters. The van der Waals surface area contributed by atoms with Crippen molar-refractivity contribution in [1.82, 2.24) is 25.8 Å². The van der Waals surface area contributed by atoms with Gasteiger partial charge in [-0.2, -0.15) is 0 Å². The van der Waals surface area contributed by atoms with Gasteiger partial charge in [0, 0.05) is 43.3 Å². The number of nitrogens with zero attached hydrogens (tertiary/aromatic N) is 2. The first kappa shape index (κ1) is 34.2. The molecule has 3 aromatic carbocycles. The summed E-state index contributed by atoms with van der Waals surface area (Å²) in [6, 6.07) is 18.6. The van der Waals surface area contributed by atoms with Crippen LogP contribution in [0.25, 0.3) is 10.8 Å². The van der Waals surface area contributed by atoms with E-state index in [1.165, 1.54) is 6.08 Å². The highest BCUT2D eigenvalue weighted by atomic mass is 35.5. The first-order valence-electron chi connectivity index (χ1n) is 15.5. The van der Waals surface area contributed by atoms with Crippen molar-refractivity contribution in [2.45, 2.75) is 44.7 Å². The molecule has 5 amide bonds. The Labute approximate surface area is 274 Å². The van der Waals surface area contributed by atoms with E-state index in [1.807, 2.05) is 36.4 Å². The molecule has 0 radical (unpaired) electrons. The second-order valence-corrected chi connectivity index (χ2v) is 11.7. The maximum absolute atomic E-state index is 13.6. The number of amides is 5. The molecule has 2 atom stereocenters. The minimum absolute atomic E-state index is 0.0313. The first-order chi connectivity index (χ1) is 22.2. The van der Waals surface area contributed by atoms with Crippen molar-refractivity contribution < 1.29 is 24.0 Å². The van der Waals surface area contributed by atoms with Crippen molar-refractivity contribution >= 4 is 51.9 Å². The Kier molecular flexibility index (Phi) is 12.3. The van der Waals surface area contributed by atoms with Crippen molar-refractivity contribution in [2.75, 3.05) is 32.7 Å². The predicted molar refractivity (Wildman–Crippen MR) is 178 cm³/mol. The Bertz CT molecular complexity index is 1580. The third-order valence-electron chi connectivity index (χ3n) is 8.00. The second kappa shape index (κ2) is 16.6. The van der Waals surface area contributed by atoms with E-state index in [0.717, 1.165) is 10.8 Å². The molecule has 11 heteroatoms. The molecule has 0 saturated carbocycles. The summed E-state index contributed by atoms with van der Waals surface area (Å²) in [5.41, 5.74) is 1.16. The molecular formula is C35H40ClN5O5. The topological polar surface area (TPSA) is 128 Å². The first-order valence-corrected chi connectivity index (χ1v) is 15.8. The van der Waals surface area contributed by atoms with Gasteiger partial charge in [0.1, 0.15) is 12.1 Å². The third-order valence-corrected chi connectivity index (χ3v) is 8.37. The summed E-state index contributed by atoms with van der Waals surface area (Å²) >= 11 is 6.24. The Morgan fingerprint density at radius 3 is 2.22 bits per heavy atom. The lowest BCUT2D eigenvalue weighted by atomic mass is 10.0. The van der Waals surface area contributed by atoms with Gasteiger partial charge in [-0.1, -0.05) is 72.8 Å². The molecule has 3 N–H and O–H groups in total. The third kappa shape index (κ3) is 9.17. The van der Waals surface area contributed by atoms with Crippen molar-refractivity contribution in [2.24, 2.45) is 0 Å². The number of carbonyl (C=O) groups excluding carboxylic acids is 5. The fourth-order valence-electron chi connectivity index (χ4n) is 5.48. The number of benzene rings is 3. The molecule has 1 aliphatic rings. The number of unbranched alkanes of at least 4 members (excludes halogenated alkanes) is 1. The fraction of sp³-hybridized carbons (Fsp3) is 0.343. The maximum atomic E-state index is 13.6. The quantitative estimate of drug-likeness (QED) is 0.194. The van der Waals surface area contributed by atoms with Gasteiger partial charge < -0.3 is 25.8 Å².